The van der Waals surface area contributed by atoms with E-state index in [-0.39, 0.29) is 11.6 Å². The number of rotatable bonds is 5. The smallest absolute Gasteiger partial charge is 0.378 e. The van der Waals surface area contributed by atoms with Crippen molar-refractivity contribution in [1.82, 2.24) is 19.6 Å². The van der Waals surface area contributed by atoms with Crippen LogP contribution < -0.4 is 11.1 Å². The minimum atomic E-state index is -0.844. The second kappa shape index (κ2) is 7.00. The topological polar surface area (TPSA) is 142 Å². The molecule has 2 amide bonds. The van der Waals surface area contributed by atoms with E-state index in [4.69, 9.17) is 10.5 Å². The zero-order valence-corrected chi connectivity index (χ0v) is 15.7. The Labute approximate surface area is 162 Å². The predicted octanol–water partition coefficient (Wildman–Crippen LogP) is 0.877. The van der Waals surface area contributed by atoms with E-state index in [1.165, 1.54) is 15.9 Å². The molecule has 1 aliphatic carbocycles. The molecule has 1 aliphatic rings. The third-order valence-electron chi connectivity index (χ3n) is 4.37. The summed E-state index contributed by atoms with van der Waals surface area (Å²) in [5, 5.41) is 7.02. The average molecular weight is 400 g/mol. The highest BCUT2D eigenvalue weighted by atomic mass is 32.1. The van der Waals surface area contributed by atoms with Crippen LogP contribution in [0.1, 0.15) is 43.5 Å². The summed E-state index contributed by atoms with van der Waals surface area (Å²) in [4.78, 5) is 45.1. The van der Waals surface area contributed by atoms with E-state index in [1.54, 1.807) is 19.2 Å². The number of nitrogens with zero attached hydrogens (tertiary/aromatic N) is 4. The van der Waals surface area contributed by atoms with Gasteiger partial charge in [0.15, 0.2) is 6.61 Å². The van der Waals surface area contributed by atoms with Crippen LogP contribution in [0.15, 0.2) is 12.3 Å². The number of fused-ring (bicyclic) bond motifs is 2. The number of hydrogen-bond donors (Lipinski definition) is 2. The lowest BCUT2D eigenvalue weighted by molar-refractivity contribution is -0.119. The van der Waals surface area contributed by atoms with Crippen molar-refractivity contribution in [2.24, 2.45) is 5.73 Å². The molecule has 0 atom stereocenters. The Morgan fingerprint density at radius 1 is 1.36 bits per heavy atom. The van der Waals surface area contributed by atoms with Crippen LogP contribution in [0.5, 0.6) is 0 Å². The molecule has 4 rings (SSSR count). The van der Waals surface area contributed by atoms with Gasteiger partial charge in [-0.1, -0.05) is 0 Å². The van der Waals surface area contributed by atoms with Gasteiger partial charge in [-0.15, -0.1) is 16.4 Å². The van der Waals surface area contributed by atoms with Crippen LogP contribution in [0.2, 0.25) is 0 Å². The van der Waals surface area contributed by atoms with Gasteiger partial charge in [-0.25, -0.2) is 14.3 Å². The highest BCUT2D eigenvalue weighted by molar-refractivity contribution is 7.17. The number of thiophene rings is 1. The molecular formula is C17H16N6O4S. The van der Waals surface area contributed by atoms with Crippen molar-refractivity contribution in [2.75, 3.05) is 11.9 Å². The van der Waals surface area contributed by atoms with Crippen molar-refractivity contribution in [3.05, 3.63) is 39.8 Å². The Kier molecular flexibility index (Phi) is 4.51. The van der Waals surface area contributed by atoms with Crippen molar-refractivity contribution >= 4 is 39.9 Å². The summed E-state index contributed by atoms with van der Waals surface area (Å²) in [5.74, 6) is -1.93. The predicted molar refractivity (Wildman–Crippen MR) is 99.3 cm³/mol. The number of esters is 1. The molecule has 0 aromatic carbocycles. The summed E-state index contributed by atoms with van der Waals surface area (Å²) in [6.45, 7) is 1.25. The Morgan fingerprint density at radius 2 is 2.18 bits per heavy atom. The number of carbonyl (C=O) groups is 3. The number of carbonyl (C=O) groups excluding carboxylic acids is 3. The molecular weight excluding hydrogens is 384 g/mol. The van der Waals surface area contributed by atoms with Crippen LogP contribution >= 0.6 is 11.3 Å². The number of ether oxygens (including phenoxy) is 1. The lowest BCUT2D eigenvalue weighted by Gasteiger charge is -2.06. The van der Waals surface area contributed by atoms with Gasteiger partial charge < -0.3 is 15.8 Å². The van der Waals surface area contributed by atoms with Crippen molar-refractivity contribution in [2.45, 2.75) is 26.2 Å². The molecule has 0 radical (unpaired) electrons. The maximum Gasteiger partial charge on any atom is 0.378 e. The minimum Gasteiger partial charge on any atom is -0.450 e. The van der Waals surface area contributed by atoms with Crippen LogP contribution in [-0.2, 0) is 22.4 Å². The number of aryl methyl sites for hydroxylation is 2. The maximum atomic E-state index is 12.2. The minimum absolute atomic E-state index is 0.192. The SMILES string of the molecule is Cc1ccnc2nc(C(=O)OCC(=O)Nc3sc4c(c3C(N)=O)CCC4)nn12. The first-order valence-corrected chi connectivity index (χ1v) is 9.35. The van der Waals surface area contributed by atoms with E-state index in [0.717, 1.165) is 35.4 Å². The van der Waals surface area contributed by atoms with Crippen LogP contribution in [0.4, 0.5) is 5.00 Å². The summed E-state index contributed by atoms with van der Waals surface area (Å²) < 4.78 is 6.39. The van der Waals surface area contributed by atoms with Gasteiger partial charge >= 0.3 is 5.97 Å². The molecule has 0 saturated carbocycles. The molecule has 28 heavy (non-hydrogen) atoms. The number of primary amides is 1. The molecule has 11 heteroatoms. The molecule has 3 N–H and O–H groups in total. The summed E-state index contributed by atoms with van der Waals surface area (Å²) in [7, 11) is 0. The number of nitrogens with two attached hydrogens (primary N) is 1. The van der Waals surface area contributed by atoms with Gasteiger partial charge in [0.25, 0.3) is 23.4 Å². The number of aromatic nitrogens is 4. The first kappa shape index (κ1) is 18.0. The zero-order valence-electron chi connectivity index (χ0n) is 14.9. The Hall–Kier alpha value is -3.34. The van der Waals surface area contributed by atoms with Gasteiger partial charge in [0, 0.05) is 16.8 Å². The van der Waals surface area contributed by atoms with Crippen molar-refractivity contribution in [3.63, 3.8) is 0 Å². The monoisotopic (exact) mass is 400 g/mol. The number of anilines is 1. The highest BCUT2D eigenvalue weighted by Gasteiger charge is 2.26. The van der Waals surface area contributed by atoms with Crippen molar-refractivity contribution in [3.8, 4) is 0 Å². The molecule has 0 spiro atoms. The molecule has 3 aromatic rings. The lowest BCUT2D eigenvalue weighted by atomic mass is 10.1. The first-order valence-electron chi connectivity index (χ1n) is 8.53. The van der Waals surface area contributed by atoms with Crippen LogP contribution in [0, 0.1) is 6.92 Å². The fourth-order valence-electron chi connectivity index (χ4n) is 3.10. The van der Waals surface area contributed by atoms with Crippen LogP contribution in [0.25, 0.3) is 5.78 Å². The average Bonchev–Trinajstić information content (AvgIpc) is 3.33. The van der Waals surface area contributed by atoms with Gasteiger partial charge in [-0.05, 0) is 37.8 Å². The quantitative estimate of drug-likeness (QED) is 0.605. The van der Waals surface area contributed by atoms with E-state index >= 15 is 0 Å². The lowest BCUT2D eigenvalue weighted by Crippen LogP contribution is -2.23. The summed E-state index contributed by atoms with van der Waals surface area (Å²) >= 11 is 1.33. The fraction of sp³-hybridized carbons (Fsp3) is 0.294. The molecule has 0 fully saturated rings. The molecule has 3 aromatic heterocycles. The van der Waals surface area contributed by atoms with E-state index in [0.29, 0.717) is 10.6 Å². The standard InChI is InChI=1S/C17H16N6O4S/c1-8-5-6-19-17-21-14(22-23(8)17)16(26)27-7-11(24)20-15-12(13(18)25)9-3-2-4-10(9)28-15/h5-6H,2-4,7H2,1H3,(H2,18,25)(H,20,24). The largest absolute Gasteiger partial charge is 0.450 e. The molecule has 3 heterocycles. The number of hydrogen-bond acceptors (Lipinski definition) is 8. The molecule has 0 unspecified atom stereocenters. The maximum absolute atomic E-state index is 12.2. The van der Waals surface area contributed by atoms with E-state index < -0.39 is 24.4 Å². The van der Waals surface area contributed by atoms with Gasteiger partial charge in [-0.2, -0.15) is 4.98 Å². The number of amides is 2. The molecule has 0 bridgehead atoms. The third-order valence-corrected chi connectivity index (χ3v) is 5.57. The summed E-state index contributed by atoms with van der Waals surface area (Å²) in [6.07, 6.45) is 4.14. The normalized spacial score (nSPS) is 12.8. The second-order valence-corrected chi connectivity index (χ2v) is 7.39. The number of nitrogens with one attached hydrogen (secondary N) is 1. The third kappa shape index (κ3) is 3.20. The van der Waals surface area contributed by atoms with E-state index in [9.17, 15) is 14.4 Å². The van der Waals surface area contributed by atoms with Gasteiger partial charge in [0.2, 0.25) is 0 Å². The first-order chi connectivity index (χ1) is 13.4. The molecule has 0 aliphatic heterocycles. The summed E-state index contributed by atoms with van der Waals surface area (Å²) in [5.41, 5.74) is 7.46. The Balaban J connectivity index is 1.42. The zero-order chi connectivity index (χ0) is 19.8. The van der Waals surface area contributed by atoms with Crippen LogP contribution in [0.3, 0.4) is 0 Å². The Morgan fingerprint density at radius 3 is 2.93 bits per heavy atom. The van der Waals surface area contributed by atoms with Gasteiger partial charge in [0.1, 0.15) is 5.00 Å². The van der Waals surface area contributed by atoms with Gasteiger partial charge in [0.05, 0.1) is 5.56 Å². The molecule has 10 nitrogen and oxygen atoms in total. The van der Waals surface area contributed by atoms with Crippen LogP contribution in [-0.4, -0.2) is 44.0 Å². The fourth-order valence-corrected chi connectivity index (χ4v) is 4.42. The van der Waals surface area contributed by atoms with E-state index in [1.807, 2.05) is 0 Å². The molecule has 0 saturated heterocycles. The highest BCUT2D eigenvalue weighted by Crippen LogP contribution is 2.38. The summed E-state index contributed by atoms with van der Waals surface area (Å²) in [6, 6.07) is 1.72. The van der Waals surface area contributed by atoms with E-state index in [2.05, 4.69) is 20.4 Å². The van der Waals surface area contributed by atoms with Gasteiger partial charge in [-0.3, -0.25) is 9.59 Å². The van der Waals surface area contributed by atoms with Crippen molar-refractivity contribution in [1.29, 1.82) is 0 Å². The molecule has 144 valence electrons. The van der Waals surface area contributed by atoms with Crippen molar-refractivity contribution < 1.29 is 19.1 Å². The Bertz CT molecular complexity index is 1120. The second-order valence-electron chi connectivity index (χ2n) is 6.28.